The number of nitrogens with zero attached hydrogens (tertiary/aromatic N) is 4. The van der Waals surface area contributed by atoms with Crippen LogP contribution in [0.2, 0.25) is 5.28 Å². The van der Waals surface area contributed by atoms with Crippen LogP contribution in [0.1, 0.15) is 18.7 Å². The quantitative estimate of drug-likeness (QED) is 0.729. The van der Waals surface area contributed by atoms with Gasteiger partial charge in [0.1, 0.15) is 10.6 Å². The molecule has 0 aliphatic carbocycles. The molecule has 0 aromatic carbocycles. The Balaban J connectivity index is 1.86. The van der Waals surface area contributed by atoms with Gasteiger partial charge in [-0.15, -0.1) is 11.3 Å². The van der Waals surface area contributed by atoms with E-state index in [1.165, 1.54) is 4.88 Å². The number of hydrogen-bond donors (Lipinski definition) is 1. The molecule has 21 heavy (non-hydrogen) atoms. The van der Waals surface area contributed by atoms with E-state index in [-0.39, 0.29) is 11.3 Å². The first-order valence-corrected chi connectivity index (χ1v) is 8.05. The highest BCUT2D eigenvalue weighted by molar-refractivity contribution is 7.18. The molecule has 3 aromatic rings. The van der Waals surface area contributed by atoms with E-state index in [0.717, 1.165) is 29.0 Å². The summed E-state index contributed by atoms with van der Waals surface area (Å²) in [5, 5.41) is 8.94. The number of anilines is 1. The number of fused-ring (bicyclic) bond motifs is 1. The zero-order valence-electron chi connectivity index (χ0n) is 11.9. The highest BCUT2D eigenvalue weighted by atomic mass is 35.5. The first-order valence-electron chi connectivity index (χ1n) is 6.85. The van der Waals surface area contributed by atoms with Crippen molar-refractivity contribution in [2.45, 2.75) is 32.9 Å². The van der Waals surface area contributed by atoms with Gasteiger partial charge in [-0.1, -0.05) is 6.92 Å². The molecule has 7 heteroatoms. The fourth-order valence-corrected chi connectivity index (χ4v) is 3.38. The molecule has 3 rings (SSSR count). The van der Waals surface area contributed by atoms with Crippen molar-refractivity contribution < 1.29 is 0 Å². The van der Waals surface area contributed by atoms with Crippen molar-refractivity contribution in [3.05, 3.63) is 34.7 Å². The molecule has 1 N–H and O–H groups in total. The molecule has 3 heterocycles. The lowest BCUT2D eigenvalue weighted by molar-refractivity contribution is 0.560. The lowest BCUT2D eigenvalue weighted by atomic mass is 10.3. The Morgan fingerprint density at radius 2 is 2.29 bits per heavy atom. The normalized spacial score (nSPS) is 12.7. The number of aryl methyl sites for hydroxylation is 1. The summed E-state index contributed by atoms with van der Waals surface area (Å²) in [6.45, 7) is 4.99. The van der Waals surface area contributed by atoms with Crippen molar-refractivity contribution >= 4 is 39.0 Å². The van der Waals surface area contributed by atoms with Crippen LogP contribution in [0.5, 0.6) is 0 Å². The highest BCUT2D eigenvalue weighted by Gasteiger charge is 2.13. The Labute approximate surface area is 132 Å². The van der Waals surface area contributed by atoms with Crippen LogP contribution in [0, 0.1) is 0 Å². The summed E-state index contributed by atoms with van der Waals surface area (Å²) in [5.41, 5.74) is 0. The van der Waals surface area contributed by atoms with Crippen LogP contribution in [-0.4, -0.2) is 25.8 Å². The molecule has 0 saturated carbocycles. The number of halogens is 1. The number of hydrogen-bond acceptors (Lipinski definition) is 5. The Morgan fingerprint density at radius 3 is 3.00 bits per heavy atom. The summed E-state index contributed by atoms with van der Waals surface area (Å²) in [6, 6.07) is 4.24. The van der Waals surface area contributed by atoms with E-state index in [0.29, 0.717) is 0 Å². The van der Waals surface area contributed by atoms with E-state index >= 15 is 0 Å². The van der Waals surface area contributed by atoms with Gasteiger partial charge >= 0.3 is 0 Å². The molecule has 0 aliphatic heterocycles. The highest BCUT2D eigenvalue weighted by Crippen LogP contribution is 2.30. The summed E-state index contributed by atoms with van der Waals surface area (Å²) >= 11 is 7.69. The summed E-state index contributed by atoms with van der Waals surface area (Å²) < 4.78 is 1.89. The van der Waals surface area contributed by atoms with Crippen LogP contribution < -0.4 is 5.32 Å². The van der Waals surface area contributed by atoms with Gasteiger partial charge in [0, 0.05) is 23.3 Å². The van der Waals surface area contributed by atoms with Crippen molar-refractivity contribution in [1.82, 2.24) is 19.7 Å². The van der Waals surface area contributed by atoms with Crippen LogP contribution in [0.25, 0.3) is 10.2 Å². The molecule has 0 spiro atoms. The number of nitrogens with one attached hydrogen (secondary N) is 1. The van der Waals surface area contributed by atoms with Crippen molar-refractivity contribution in [3.63, 3.8) is 0 Å². The van der Waals surface area contributed by atoms with Gasteiger partial charge in [-0.05, 0) is 37.1 Å². The van der Waals surface area contributed by atoms with Crippen LogP contribution in [0.15, 0.2) is 24.5 Å². The predicted octanol–water partition coefficient (Wildman–Crippen LogP) is 3.60. The van der Waals surface area contributed by atoms with Gasteiger partial charge < -0.3 is 5.32 Å². The predicted molar refractivity (Wildman–Crippen MR) is 87.1 cm³/mol. The fraction of sp³-hybridized carbons (Fsp3) is 0.357. The molecular formula is C14H16ClN5S. The van der Waals surface area contributed by atoms with Crippen molar-refractivity contribution in [1.29, 1.82) is 0 Å². The first kappa shape index (κ1) is 14.3. The maximum atomic E-state index is 6.03. The zero-order valence-corrected chi connectivity index (χ0v) is 13.4. The van der Waals surface area contributed by atoms with E-state index < -0.39 is 0 Å². The largest absolute Gasteiger partial charge is 0.365 e. The Morgan fingerprint density at radius 1 is 1.43 bits per heavy atom. The molecule has 0 fully saturated rings. The van der Waals surface area contributed by atoms with E-state index in [1.807, 2.05) is 16.9 Å². The summed E-state index contributed by atoms with van der Waals surface area (Å²) in [6.07, 6.45) is 4.71. The summed E-state index contributed by atoms with van der Waals surface area (Å²) in [7, 11) is 0. The number of thiophene rings is 1. The minimum atomic E-state index is 0.184. The van der Waals surface area contributed by atoms with Crippen molar-refractivity contribution in [2.75, 3.05) is 5.32 Å². The average molecular weight is 322 g/mol. The molecule has 0 amide bonds. The van der Waals surface area contributed by atoms with Gasteiger partial charge in [-0.3, -0.25) is 4.68 Å². The van der Waals surface area contributed by atoms with Gasteiger partial charge in [-0.2, -0.15) is 5.10 Å². The third-order valence-corrected chi connectivity index (χ3v) is 4.51. The third kappa shape index (κ3) is 3.16. The molecular weight excluding hydrogens is 306 g/mol. The van der Waals surface area contributed by atoms with E-state index in [9.17, 15) is 0 Å². The maximum absolute atomic E-state index is 6.03. The summed E-state index contributed by atoms with van der Waals surface area (Å²) in [5.74, 6) is 0.792. The van der Waals surface area contributed by atoms with Crippen LogP contribution in [0.3, 0.4) is 0 Å². The van der Waals surface area contributed by atoms with E-state index in [1.54, 1.807) is 17.5 Å². The molecule has 0 radical (unpaired) electrons. The lowest BCUT2D eigenvalue weighted by Gasteiger charge is -2.15. The fourth-order valence-electron chi connectivity index (χ4n) is 2.20. The van der Waals surface area contributed by atoms with Gasteiger partial charge in [0.05, 0.1) is 11.9 Å². The van der Waals surface area contributed by atoms with Crippen LogP contribution in [-0.2, 0) is 13.0 Å². The minimum absolute atomic E-state index is 0.184. The molecule has 110 valence electrons. The van der Waals surface area contributed by atoms with E-state index in [2.05, 4.69) is 40.3 Å². The standard InChI is InChI=1S/C14H16ClN5S/c1-3-10-7-11-12(18-14(15)19-13(11)21-10)17-9(2)8-20-6-4-5-16-20/h4-7,9H,3,8H2,1-2H3,(H,17,18,19). The average Bonchev–Trinajstić information content (AvgIpc) is 3.07. The van der Waals surface area contributed by atoms with Crippen molar-refractivity contribution in [3.8, 4) is 0 Å². The van der Waals surface area contributed by atoms with Gasteiger partial charge in [0.2, 0.25) is 5.28 Å². The van der Waals surface area contributed by atoms with Crippen LogP contribution in [0.4, 0.5) is 5.82 Å². The van der Waals surface area contributed by atoms with E-state index in [4.69, 9.17) is 11.6 Å². The Bertz CT molecular complexity index is 737. The van der Waals surface area contributed by atoms with Gasteiger partial charge in [0.25, 0.3) is 0 Å². The Kier molecular flexibility index (Phi) is 4.07. The lowest BCUT2D eigenvalue weighted by Crippen LogP contribution is -2.23. The topological polar surface area (TPSA) is 55.6 Å². The second-order valence-electron chi connectivity index (χ2n) is 4.90. The van der Waals surface area contributed by atoms with Gasteiger partial charge in [-0.25, -0.2) is 9.97 Å². The second kappa shape index (κ2) is 5.99. The maximum Gasteiger partial charge on any atom is 0.225 e. The minimum Gasteiger partial charge on any atom is -0.365 e. The smallest absolute Gasteiger partial charge is 0.225 e. The molecule has 1 unspecified atom stereocenters. The van der Waals surface area contributed by atoms with Gasteiger partial charge in [0.15, 0.2) is 0 Å². The molecule has 1 atom stereocenters. The molecule has 3 aromatic heterocycles. The second-order valence-corrected chi connectivity index (χ2v) is 6.35. The molecule has 0 saturated heterocycles. The number of aromatic nitrogens is 4. The molecule has 0 aliphatic rings. The zero-order chi connectivity index (χ0) is 14.8. The SMILES string of the molecule is CCc1cc2c(NC(C)Cn3cccn3)nc(Cl)nc2s1. The first-order chi connectivity index (χ1) is 10.2. The van der Waals surface area contributed by atoms with Crippen LogP contribution >= 0.6 is 22.9 Å². The molecule has 0 bridgehead atoms. The monoisotopic (exact) mass is 321 g/mol. The third-order valence-electron chi connectivity index (χ3n) is 3.17. The number of rotatable bonds is 5. The summed E-state index contributed by atoms with van der Waals surface area (Å²) in [4.78, 5) is 10.9. The Hall–Kier alpha value is -1.66. The molecule has 5 nitrogen and oxygen atoms in total. The van der Waals surface area contributed by atoms with Crippen molar-refractivity contribution in [2.24, 2.45) is 0 Å².